The van der Waals surface area contributed by atoms with Crippen molar-refractivity contribution in [1.29, 1.82) is 0 Å². The number of ketones is 1. The van der Waals surface area contributed by atoms with Gasteiger partial charge in [-0.05, 0) is 78.3 Å². The molecule has 0 spiro atoms. The van der Waals surface area contributed by atoms with E-state index in [1.807, 2.05) is 12.1 Å². The first kappa shape index (κ1) is 24.1. The van der Waals surface area contributed by atoms with Crippen molar-refractivity contribution in [3.63, 3.8) is 0 Å². The first-order chi connectivity index (χ1) is 18.0. The summed E-state index contributed by atoms with van der Waals surface area (Å²) >= 11 is 6.02. The topological polar surface area (TPSA) is 58.1 Å². The van der Waals surface area contributed by atoms with E-state index in [-0.39, 0.29) is 0 Å². The molecule has 4 aromatic rings. The Morgan fingerprint density at radius 2 is 1.81 bits per heavy atom. The molecule has 0 bridgehead atoms. The average Bonchev–Trinajstić information content (AvgIpc) is 2.91. The van der Waals surface area contributed by atoms with Gasteiger partial charge in [0.25, 0.3) is 0 Å². The van der Waals surface area contributed by atoms with Gasteiger partial charge in [0.2, 0.25) is 5.95 Å². The van der Waals surface area contributed by atoms with Crippen LogP contribution in [0.5, 0.6) is 0 Å². The summed E-state index contributed by atoms with van der Waals surface area (Å²) in [6.07, 6.45) is 4.14. The minimum absolute atomic E-state index is 0.326. The zero-order chi connectivity index (χ0) is 25.4. The van der Waals surface area contributed by atoms with Crippen LogP contribution in [0.3, 0.4) is 0 Å². The fraction of sp³-hybridized carbons (Fsp3) is 0.323. The lowest BCUT2D eigenvalue weighted by molar-refractivity contribution is -0.118. The van der Waals surface area contributed by atoms with Crippen molar-refractivity contribution in [3.05, 3.63) is 88.1 Å². The number of aryl methyl sites for hydroxylation is 2. The van der Waals surface area contributed by atoms with E-state index in [2.05, 4.69) is 65.7 Å². The van der Waals surface area contributed by atoms with Gasteiger partial charge in [0, 0.05) is 48.9 Å². The number of aromatic nitrogens is 2. The smallest absolute Gasteiger partial charge is 0.223 e. The van der Waals surface area contributed by atoms with Crippen LogP contribution in [-0.4, -0.2) is 39.8 Å². The molecule has 0 atom stereocenters. The number of carbonyl (C=O) groups is 1. The van der Waals surface area contributed by atoms with E-state index in [1.54, 1.807) is 0 Å². The highest BCUT2D eigenvalue weighted by Crippen LogP contribution is 2.33. The van der Waals surface area contributed by atoms with E-state index in [0.29, 0.717) is 30.6 Å². The highest BCUT2D eigenvalue weighted by molar-refractivity contribution is 6.30. The second-order valence-electron chi connectivity index (χ2n) is 10.3. The van der Waals surface area contributed by atoms with E-state index in [4.69, 9.17) is 21.6 Å². The van der Waals surface area contributed by atoms with Crippen LogP contribution in [0.25, 0.3) is 22.0 Å². The average molecular weight is 511 g/mol. The third kappa shape index (κ3) is 5.25. The van der Waals surface area contributed by atoms with Crippen molar-refractivity contribution in [1.82, 2.24) is 14.9 Å². The molecular weight excluding hydrogens is 480 g/mol. The lowest BCUT2D eigenvalue weighted by Gasteiger charge is -2.32. The molecule has 0 radical (unpaired) electrons. The molecule has 0 saturated carbocycles. The quantitative estimate of drug-likeness (QED) is 0.337. The number of piperidine rings is 1. The van der Waals surface area contributed by atoms with Crippen LogP contribution < -0.4 is 5.32 Å². The van der Waals surface area contributed by atoms with E-state index >= 15 is 0 Å². The highest BCUT2D eigenvalue weighted by Gasteiger charge is 2.21. The van der Waals surface area contributed by atoms with E-state index in [1.165, 1.54) is 16.7 Å². The standard InChI is InChI=1S/C31H31ClN4O/c1-20-28-17-23(27-4-2-3-22-7-11-26(37)18-29(22)27)8-12-30(28)35-31(33-20)34-25-13-15-36(16-14-25)19-21-5-9-24(32)10-6-21/h2-6,8-10,12,17,25H,7,11,13-16,18-19H2,1H3,(H,33,34,35). The number of hydrogen-bond acceptors (Lipinski definition) is 5. The largest absolute Gasteiger partial charge is 0.351 e. The van der Waals surface area contributed by atoms with Crippen LogP contribution in [0.1, 0.15) is 41.6 Å². The molecule has 188 valence electrons. The van der Waals surface area contributed by atoms with Crippen molar-refractivity contribution < 1.29 is 4.79 Å². The summed E-state index contributed by atoms with van der Waals surface area (Å²) in [5.41, 5.74) is 7.96. The van der Waals surface area contributed by atoms with E-state index in [9.17, 15) is 4.79 Å². The molecule has 1 saturated heterocycles. The van der Waals surface area contributed by atoms with Gasteiger partial charge in [0.1, 0.15) is 5.78 Å². The first-order valence-corrected chi connectivity index (χ1v) is 13.5. The Kier molecular flexibility index (Phi) is 6.66. The lowest BCUT2D eigenvalue weighted by atomic mass is 9.85. The molecule has 2 aliphatic rings. The van der Waals surface area contributed by atoms with E-state index in [0.717, 1.165) is 71.6 Å². The molecule has 5 nitrogen and oxygen atoms in total. The number of anilines is 1. The summed E-state index contributed by atoms with van der Waals surface area (Å²) in [6, 6.07) is 21.3. The number of nitrogens with zero attached hydrogens (tertiary/aromatic N) is 3. The zero-order valence-corrected chi connectivity index (χ0v) is 21.9. The molecule has 1 aromatic heterocycles. The van der Waals surface area contributed by atoms with Gasteiger partial charge in [-0.15, -0.1) is 0 Å². The van der Waals surface area contributed by atoms with Crippen molar-refractivity contribution in [3.8, 4) is 11.1 Å². The second kappa shape index (κ2) is 10.2. The molecule has 1 aliphatic heterocycles. The second-order valence-corrected chi connectivity index (χ2v) is 10.8. The summed E-state index contributed by atoms with van der Waals surface area (Å²) in [7, 11) is 0. The molecular formula is C31H31ClN4O. The van der Waals surface area contributed by atoms with Crippen LogP contribution >= 0.6 is 11.6 Å². The number of benzene rings is 3. The Morgan fingerprint density at radius 3 is 2.62 bits per heavy atom. The maximum absolute atomic E-state index is 12.2. The highest BCUT2D eigenvalue weighted by atomic mass is 35.5. The lowest BCUT2D eigenvalue weighted by Crippen LogP contribution is -2.39. The molecule has 37 heavy (non-hydrogen) atoms. The van der Waals surface area contributed by atoms with Crippen LogP contribution in [-0.2, 0) is 24.2 Å². The van der Waals surface area contributed by atoms with Crippen LogP contribution in [0.4, 0.5) is 5.95 Å². The molecule has 1 N–H and O–H groups in total. The SMILES string of the molecule is Cc1nc(NC2CCN(Cc3ccc(Cl)cc3)CC2)nc2ccc(-c3cccc4c3CC(=O)CC4)cc12. The summed E-state index contributed by atoms with van der Waals surface area (Å²) in [5, 5.41) is 5.43. The first-order valence-electron chi connectivity index (χ1n) is 13.2. The van der Waals surface area contributed by atoms with E-state index < -0.39 is 0 Å². The number of halogens is 1. The van der Waals surface area contributed by atoms with Gasteiger partial charge in [-0.1, -0.05) is 48.0 Å². The van der Waals surface area contributed by atoms with Gasteiger partial charge < -0.3 is 5.32 Å². The Labute approximate surface area is 222 Å². The maximum Gasteiger partial charge on any atom is 0.223 e. The van der Waals surface area contributed by atoms with Crippen LogP contribution in [0.2, 0.25) is 5.02 Å². The third-order valence-electron chi connectivity index (χ3n) is 7.76. The molecule has 0 amide bonds. The number of likely N-dealkylation sites (tertiary alicyclic amines) is 1. The normalized spacial score (nSPS) is 16.6. The summed E-state index contributed by atoms with van der Waals surface area (Å²) < 4.78 is 0. The molecule has 6 rings (SSSR count). The molecule has 6 heteroatoms. The van der Waals surface area contributed by atoms with Gasteiger partial charge in [0.05, 0.1) is 11.2 Å². The van der Waals surface area contributed by atoms with Gasteiger partial charge in [-0.25, -0.2) is 9.97 Å². The summed E-state index contributed by atoms with van der Waals surface area (Å²) in [6.45, 7) is 5.09. The number of fused-ring (bicyclic) bond motifs is 2. The fourth-order valence-corrected chi connectivity index (χ4v) is 5.81. The molecule has 1 fully saturated rings. The van der Waals surface area contributed by atoms with Gasteiger partial charge in [0.15, 0.2) is 0 Å². The van der Waals surface area contributed by atoms with Crippen LogP contribution in [0.15, 0.2) is 60.7 Å². The molecule has 3 aromatic carbocycles. The van der Waals surface area contributed by atoms with Gasteiger partial charge >= 0.3 is 0 Å². The maximum atomic E-state index is 12.2. The minimum atomic E-state index is 0.326. The Hall–Kier alpha value is -3.28. The number of rotatable bonds is 5. The Morgan fingerprint density at radius 1 is 1.00 bits per heavy atom. The predicted molar refractivity (Wildman–Crippen MR) is 150 cm³/mol. The number of Topliss-reactive ketones (excluding diaryl/α,β-unsaturated/α-hetero) is 1. The predicted octanol–water partition coefficient (Wildman–Crippen LogP) is 6.39. The molecule has 1 aliphatic carbocycles. The zero-order valence-electron chi connectivity index (χ0n) is 21.1. The fourth-order valence-electron chi connectivity index (χ4n) is 5.69. The van der Waals surface area contributed by atoms with Crippen LogP contribution in [0, 0.1) is 6.92 Å². The van der Waals surface area contributed by atoms with Crippen molar-refractivity contribution >= 4 is 34.2 Å². The molecule has 0 unspecified atom stereocenters. The number of nitrogens with one attached hydrogen (secondary N) is 1. The van der Waals surface area contributed by atoms with Gasteiger partial charge in [-0.3, -0.25) is 9.69 Å². The van der Waals surface area contributed by atoms with Crippen molar-refractivity contribution in [2.75, 3.05) is 18.4 Å². The van der Waals surface area contributed by atoms with Gasteiger partial charge in [-0.2, -0.15) is 0 Å². The van der Waals surface area contributed by atoms with Crippen molar-refractivity contribution in [2.45, 2.75) is 51.6 Å². The number of carbonyl (C=O) groups excluding carboxylic acids is 1. The Balaban J connectivity index is 1.16. The monoisotopic (exact) mass is 510 g/mol. The Bertz CT molecular complexity index is 1460. The van der Waals surface area contributed by atoms with Crippen molar-refractivity contribution in [2.24, 2.45) is 0 Å². The molecule has 2 heterocycles. The third-order valence-corrected chi connectivity index (χ3v) is 8.01. The number of hydrogen-bond donors (Lipinski definition) is 1. The minimum Gasteiger partial charge on any atom is -0.351 e. The summed E-state index contributed by atoms with van der Waals surface area (Å²) in [5.74, 6) is 1.03. The summed E-state index contributed by atoms with van der Waals surface area (Å²) in [4.78, 5) is 24.3.